The van der Waals surface area contributed by atoms with E-state index in [2.05, 4.69) is 16.0 Å². The topological polar surface area (TPSA) is 70.2 Å². The van der Waals surface area contributed by atoms with Crippen molar-refractivity contribution in [3.63, 3.8) is 0 Å². The van der Waals surface area contributed by atoms with Crippen LogP contribution in [0.1, 0.15) is 12.8 Å². The maximum atomic E-state index is 11.7. The second-order valence-corrected chi connectivity index (χ2v) is 4.33. The molecule has 2 rings (SSSR count). The molecule has 1 aromatic rings. The van der Waals surface area contributed by atoms with Crippen LogP contribution in [-0.2, 0) is 9.59 Å². The van der Waals surface area contributed by atoms with E-state index in [1.54, 1.807) is 0 Å². The number of amides is 2. The van der Waals surface area contributed by atoms with Gasteiger partial charge in [-0.3, -0.25) is 9.59 Å². The van der Waals surface area contributed by atoms with E-state index in [-0.39, 0.29) is 24.4 Å². The quantitative estimate of drug-likeness (QED) is 0.725. The van der Waals surface area contributed by atoms with E-state index < -0.39 is 0 Å². The molecule has 1 fully saturated rings. The first kappa shape index (κ1) is 12.6. The molecule has 1 aliphatic rings. The Balaban J connectivity index is 1.70. The van der Waals surface area contributed by atoms with E-state index in [1.165, 1.54) is 0 Å². The van der Waals surface area contributed by atoms with Crippen LogP contribution in [0.25, 0.3) is 0 Å². The molecule has 0 saturated carbocycles. The minimum atomic E-state index is -0.0712. The Hall–Kier alpha value is -1.88. The standard InChI is InChI=1S/C13H17N3O2/c17-12-7-6-11(8-15-12)14-9-13(18)16-10-4-2-1-3-5-10/h1-5,11,14H,6-9H2,(H,15,17)(H,16,18). The van der Waals surface area contributed by atoms with Crippen LogP contribution in [0.5, 0.6) is 0 Å². The van der Waals surface area contributed by atoms with Gasteiger partial charge in [0.15, 0.2) is 0 Å². The Morgan fingerprint density at radius 2 is 2.11 bits per heavy atom. The minimum Gasteiger partial charge on any atom is -0.355 e. The van der Waals surface area contributed by atoms with Crippen LogP contribution >= 0.6 is 0 Å². The lowest BCUT2D eigenvalue weighted by Gasteiger charge is -2.23. The summed E-state index contributed by atoms with van der Waals surface area (Å²) in [6, 6.07) is 9.53. The first-order valence-electron chi connectivity index (χ1n) is 6.09. The highest BCUT2D eigenvalue weighted by molar-refractivity contribution is 5.92. The van der Waals surface area contributed by atoms with Crippen molar-refractivity contribution in [1.82, 2.24) is 10.6 Å². The van der Waals surface area contributed by atoms with Gasteiger partial charge in [-0.15, -0.1) is 0 Å². The largest absolute Gasteiger partial charge is 0.355 e. The van der Waals surface area contributed by atoms with Crippen molar-refractivity contribution in [2.45, 2.75) is 18.9 Å². The van der Waals surface area contributed by atoms with E-state index in [0.717, 1.165) is 12.1 Å². The Morgan fingerprint density at radius 3 is 2.78 bits per heavy atom. The van der Waals surface area contributed by atoms with Crippen LogP contribution in [0.2, 0.25) is 0 Å². The van der Waals surface area contributed by atoms with Gasteiger partial charge in [-0.25, -0.2) is 0 Å². The molecule has 0 aromatic heterocycles. The van der Waals surface area contributed by atoms with Crippen LogP contribution in [0.3, 0.4) is 0 Å². The van der Waals surface area contributed by atoms with Gasteiger partial charge in [0.25, 0.3) is 0 Å². The van der Waals surface area contributed by atoms with Crippen LogP contribution in [0, 0.1) is 0 Å². The highest BCUT2D eigenvalue weighted by Gasteiger charge is 2.17. The van der Waals surface area contributed by atoms with Crippen molar-refractivity contribution in [2.75, 3.05) is 18.4 Å². The average molecular weight is 247 g/mol. The molecule has 1 saturated heterocycles. The summed E-state index contributed by atoms with van der Waals surface area (Å²) in [7, 11) is 0. The molecular formula is C13H17N3O2. The maximum Gasteiger partial charge on any atom is 0.238 e. The molecule has 0 radical (unpaired) electrons. The zero-order chi connectivity index (χ0) is 12.8. The first-order chi connectivity index (χ1) is 8.74. The Labute approximate surface area is 106 Å². The summed E-state index contributed by atoms with van der Waals surface area (Å²) in [6.07, 6.45) is 1.31. The molecule has 1 aliphatic heterocycles. The van der Waals surface area contributed by atoms with Gasteiger partial charge < -0.3 is 16.0 Å². The van der Waals surface area contributed by atoms with E-state index in [4.69, 9.17) is 0 Å². The van der Waals surface area contributed by atoms with Crippen LogP contribution in [0.15, 0.2) is 30.3 Å². The number of benzene rings is 1. The smallest absolute Gasteiger partial charge is 0.238 e. The van der Waals surface area contributed by atoms with E-state index in [1.807, 2.05) is 30.3 Å². The molecule has 1 heterocycles. The van der Waals surface area contributed by atoms with Gasteiger partial charge in [-0.1, -0.05) is 18.2 Å². The van der Waals surface area contributed by atoms with Crippen LogP contribution in [-0.4, -0.2) is 30.9 Å². The fraction of sp³-hybridized carbons (Fsp3) is 0.385. The molecule has 2 amide bonds. The zero-order valence-corrected chi connectivity index (χ0v) is 10.1. The molecule has 0 bridgehead atoms. The van der Waals surface area contributed by atoms with E-state index in [9.17, 15) is 9.59 Å². The third-order valence-electron chi connectivity index (χ3n) is 2.87. The molecule has 1 unspecified atom stereocenters. The lowest BCUT2D eigenvalue weighted by atomic mass is 10.1. The highest BCUT2D eigenvalue weighted by atomic mass is 16.2. The molecule has 0 aliphatic carbocycles. The number of para-hydroxylation sites is 1. The number of carbonyl (C=O) groups excluding carboxylic acids is 2. The number of carbonyl (C=O) groups is 2. The number of hydrogen-bond donors (Lipinski definition) is 3. The van der Waals surface area contributed by atoms with Gasteiger partial charge in [-0.2, -0.15) is 0 Å². The average Bonchev–Trinajstić information content (AvgIpc) is 2.39. The first-order valence-corrected chi connectivity index (χ1v) is 6.09. The fourth-order valence-corrected chi connectivity index (χ4v) is 1.87. The minimum absolute atomic E-state index is 0.0712. The summed E-state index contributed by atoms with van der Waals surface area (Å²) in [5.41, 5.74) is 0.793. The van der Waals surface area contributed by atoms with Gasteiger partial charge in [0.2, 0.25) is 11.8 Å². The molecule has 0 spiro atoms. The second kappa shape index (κ2) is 6.16. The molecule has 5 nitrogen and oxygen atoms in total. The van der Waals surface area contributed by atoms with Gasteiger partial charge in [0.05, 0.1) is 6.54 Å². The summed E-state index contributed by atoms with van der Waals surface area (Å²) < 4.78 is 0. The third-order valence-corrected chi connectivity index (χ3v) is 2.87. The summed E-state index contributed by atoms with van der Waals surface area (Å²) >= 11 is 0. The van der Waals surface area contributed by atoms with Crippen molar-refractivity contribution in [3.8, 4) is 0 Å². The molecule has 18 heavy (non-hydrogen) atoms. The predicted molar refractivity (Wildman–Crippen MR) is 69.1 cm³/mol. The van der Waals surface area contributed by atoms with Gasteiger partial charge >= 0.3 is 0 Å². The Kier molecular flexibility index (Phi) is 4.30. The number of rotatable bonds is 4. The number of hydrogen-bond acceptors (Lipinski definition) is 3. The monoisotopic (exact) mass is 247 g/mol. The Morgan fingerprint density at radius 1 is 1.33 bits per heavy atom. The molecule has 1 atom stereocenters. The molecule has 96 valence electrons. The lowest BCUT2D eigenvalue weighted by Crippen LogP contribution is -2.47. The summed E-state index contributed by atoms with van der Waals surface area (Å²) in [4.78, 5) is 22.6. The maximum absolute atomic E-state index is 11.7. The molecule has 1 aromatic carbocycles. The van der Waals surface area contributed by atoms with Crippen LogP contribution in [0.4, 0.5) is 5.69 Å². The number of anilines is 1. The second-order valence-electron chi connectivity index (χ2n) is 4.33. The van der Waals surface area contributed by atoms with Crippen molar-refractivity contribution < 1.29 is 9.59 Å². The number of nitrogens with one attached hydrogen (secondary N) is 3. The fourth-order valence-electron chi connectivity index (χ4n) is 1.87. The lowest BCUT2D eigenvalue weighted by molar-refractivity contribution is -0.122. The number of piperidine rings is 1. The summed E-state index contributed by atoms with van der Waals surface area (Å²) in [5.74, 6) is 0.0138. The molecule has 3 N–H and O–H groups in total. The summed E-state index contributed by atoms with van der Waals surface area (Å²) in [5, 5.41) is 8.71. The predicted octanol–water partition coefficient (Wildman–Crippen LogP) is 0.493. The normalized spacial score (nSPS) is 19.1. The van der Waals surface area contributed by atoms with Crippen molar-refractivity contribution in [2.24, 2.45) is 0 Å². The van der Waals surface area contributed by atoms with E-state index in [0.29, 0.717) is 13.0 Å². The highest BCUT2D eigenvalue weighted by Crippen LogP contribution is 2.05. The van der Waals surface area contributed by atoms with Crippen molar-refractivity contribution in [1.29, 1.82) is 0 Å². The molecule has 5 heteroatoms. The van der Waals surface area contributed by atoms with Gasteiger partial charge in [0.1, 0.15) is 0 Å². The SMILES string of the molecule is O=C1CCC(NCC(=O)Nc2ccccc2)CN1. The summed E-state index contributed by atoms with van der Waals surface area (Å²) in [6.45, 7) is 0.854. The van der Waals surface area contributed by atoms with Crippen molar-refractivity contribution >= 4 is 17.5 Å². The van der Waals surface area contributed by atoms with Crippen LogP contribution < -0.4 is 16.0 Å². The van der Waals surface area contributed by atoms with Gasteiger partial charge in [0, 0.05) is 24.7 Å². The van der Waals surface area contributed by atoms with Crippen molar-refractivity contribution in [3.05, 3.63) is 30.3 Å². The molecular weight excluding hydrogens is 230 g/mol. The van der Waals surface area contributed by atoms with Gasteiger partial charge in [-0.05, 0) is 18.6 Å². The zero-order valence-electron chi connectivity index (χ0n) is 10.1. The van der Waals surface area contributed by atoms with E-state index >= 15 is 0 Å². The third kappa shape index (κ3) is 3.85. The Bertz CT molecular complexity index is 410.